The van der Waals surface area contributed by atoms with Gasteiger partial charge in [-0.15, -0.1) is 0 Å². The minimum absolute atomic E-state index is 0.110. The zero-order valence-electron chi connectivity index (χ0n) is 12.3. The van der Waals surface area contributed by atoms with E-state index in [1.165, 1.54) is 5.56 Å². The molecule has 1 atom stereocenters. The molecule has 0 fully saturated rings. The van der Waals surface area contributed by atoms with Gasteiger partial charge in [0.1, 0.15) is 5.75 Å². The molecule has 2 aromatic rings. The van der Waals surface area contributed by atoms with Gasteiger partial charge in [-0.25, -0.2) is 0 Å². The van der Waals surface area contributed by atoms with Gasteiger partial charge in [0, 0.05) is 6.04 Å². The molecule has 2 aromatic carbocycles. The molecule has 0 bridgehead atoms. The van der Waals surface area contributed by atoms with Crippen molar-refractivity contribution in [3.8, 4) is 5.75 Å². The summed E-state index contributed by atoms with van der Waals surface area (Å²) < 4.78 is 5.71. The third-order valence-corrected chi connectivity index (χ3v) is 3.10. The summed E-state index contributed by atoms with van der Waals surface area (Å²) in [5, 5.41) is 3.44. The highest BCUT2D eigenvalue weighted by Gasteiger charge is 2.10. The van der Waals surface area contributed by atoms with Crippen molar-refractivity contribution in [1.29, 1.82) is 0 Å². The van der Waals surface area contributed by atoms with E-state index >= 15 is 0 Å². The first-order chi connectivity index (χ1) is 9.58. The van der Waals surface area contributed by atoms with Crippen LogP contribution in [0, 0.1) is 0 Å². The highest BCUT2D eigenvalue weighted by molar-refractivity contribution is 5.73. The Morgan fingerprint density at radius 2 is 1.65 bits per heavy atom. The van der Waals surface area contributed by atoms with Crippen molar-refractivity contribution >= 4 is 11.4 Å². The third kappa shape index (κ3) is 3.44. The number of anilines is 2. The fourth-order valence-corrected chi connectivity index (χ4v) is 2.08. The zero-order valence-corrected chi connectivity index (χ0v) is 12.3. The van der Waals surface area contributed by atoms with Gasteiger partial charge in [-0.1, -0.05) is 36.4 Å². The van der Waals surface area contributed by atoms with E-state index in [1.54, 1.807) is 0 Å². The van der Waals surface area contributed by atoms with E-state index in [4.69, 9.17) is 10.5 Å². The first-order valence-electron chi connectivity index (χ1n) is 6.94. The lowest BCUT2D eigenvalue weighted by Crippen LogP contribution is -2.11. The average molecular weight is 270 g/mol. The van der Waals surface area contributed by atoms with Gasteiger partial charge in [0.15, 0.2) is 0 Å². The standard InChI is InChI=1S/C17H22N2O/c1-12(2)20-16-11-7-10-15(17(16)18)19-13(3)14-8-5-4-6-9-14/h4-13,19H,18H2,1-3H3. The van der Waals surface area contributed by atoms with E-state index in [1.807, 2.05) is 50.2 Å². The van der Waals surface area contributed by atoms with Crippen LogP contribution in [0.15, 0.2) is 48.5 Å². The topological polar surface area (TPSA) is 47.3 Å². The van der Waals surface area contributed by atoms with Crippen LogP contribution >= 0.6 is 0 Å². The second kappa shape index (κ2) is 6.33. The number of nitrogens with one attached hydrogen (secondary N) is 1. The Morgan fingerprint density at radius 3 is 2.30 bits per heavy atom. The van der Waals surface area contributed by atoms with Crippen LogP contribution in [0.2, 0.25) is 0 Å². The van der Waals surface area contributed by atoms with Gasteiger partial charge >= 0.3 is 0 Å². The Bertz CT molecular complexity index is 552. The van der Waals surface area contributed by atoms with Crippen molar-refractivity contribution in [3.05, 3.63) is 54.1 Å². The Labute approximate surface area is 120 Å². The number of hydrogen-bond acceptors (Lipinski definition) is 3. The summed E-state index contributed by atoms with van der Waals surface area (Å²) in [6, 6.07) is 16.3. The number of benzene rings is 2. The number of rotatable bonds is 5. The van der Waals surface area contributed by atoms with Gasteiger partial charge in [-0.05, 0) is 38.5 Å². The van der Waals surface area contributed by atoms with Crippen LogP contribution in [0.4, 0.5) is 11.4 Å². The molecule has 2 rings (SSSR count). The molecule has 1 unspecified atom stereocenters. The van der Waals surface area contributed by atoms with E-state index in [0.717, 1.165) is 11.4 Å². The maximum Gasteiger partial charge on any atom is 0.144 e. The smallest absolute Gasteiger partial charge is 0.144 e. The molecule has 3 N–H and O–H groups in total. The summed E-state index contributed by atoms with van der Waals surface area (Å²) in [5.74, 6) is 0.727. The fraction of sp³-hybridized carbons (Fsp3) is 0.294. The second-order valence-electron chi connectivity index (χ2n) is 5.16. The molecule has 20 heavy (non-hydrogen) atoms. The van der Waals surface area contributed by atoms with Crippen LogP contribution in [0.25, 0.3) is 0 Å². The lowest BCUT2D eigenvalue weighted by molar-refractivity contribution is 0.244. The molecule has 0 aliphatic rings. The lowest BCUT2D eigenvalue weighted by atomic mass is 10.1. The third-order valence-electron chi connectivity index (χ3n) is 3.10. The number of nitrogens with two attached hydrogens (primary N) is 1. The van der Waals surface area contributed by atoms with E-state index in [0.29, 0.717) is 5.69 Å². The summed E-state index contributed by atoms with van der Waals surface area (Å²) in [6.07, 6.45) is 0.110. The van der Waals surface area contributed by atoms with E-state index < -0.39 is 0 Å². The lowest BCUT2D eigenvalue weighted by Gasteiger charge is -2.19. The first-order valence-corrected chi connectivity index (χ1v) is 6.94. The number of ether oxygens (including phenoxy) is 1. The Morgan fingerprint density at radius 1 is 0.950 bits per heavy atom. The molecule has 0 aliphatic heterocycles. The summed E-state index contributed by atoms with van der Waals surface area (Å²) in [4.78, 5) is 0. The summed E-state index contributed by atoms with van der Waals surface area (Å²) in [6.45, 7) is 6.10. The normalized spacial score (nSPS) is 12.2. The quantitative estimate of drug-likeness (QED) is 0.799. The predicted octanol–water partition coefficient (Wildman–Crippen LogP) is 4.23. The summed E-state index contributed by atoms with van der Waals surface area (Å²) >= 11 is 0. The van der Waals surface area contributed by atoms with Crippen LogP contribution in [-0.2, 0) is 0 Å². The molecule has 0 saturated heterocycles. The van der Waals surface area contributed by atoms with Crippen molar-refractivity contribution in [1.82, 2.24) is 0 Å². The highest BCUT2D eigenvalue weighted by Crippen LogP contribution is 2.32. The summed E-state index contributed by atoms with van der Waals surface area (Å²) in [5.41, 5.74) is 8.95. The molecule has 3 heteroatoms. The molecule has 0 spiro atoms. The molecule has 3 nitrogen and oxygen atoms in total. The maximum absolute atomic E-state index is 6.17. The van der Waals surface area contributed by atoms with Gasteiger partial charge in [0.2, 0.25) is 0 Å². The van der Waals surface area contributed by atoms with E-state index in [-0.39, 0.29) is 12.1 Å². The van der Waals surface area contributed by atoms with Gasteiger partial charge in [0.25, 0.3) is 0 Å². The second-order valence-corrected chi connectivity index (χ2v) is 5.16. The SMILES string of the molecule is CC(C)Oc1cccc(NC(C)c2ccccc2)c1N. The van der Waals surface area contributed by atoms with Gasteiger partial charge in [0.05, 0.1) is 17.5 Å². The molecular weight excluding hydrogens is 248 g/mol. The molecule has 0 radical (unpaired) electrons. The largest absolute Gasteiger partial charge is 0.489 e. The highest BCUT2D eigenvalue weighted by atomic mass is 16.5. The van der Waals surface area contributed by atoms with E-state index in [2.05, 4.69) is 24.4 Å². The van der Waals surface area contributed by atoms with Crippen LogP contribution in [0.3, 0.4) is 0 Å². The maximum atomic E-state index is 6.17. The van der Waals surface area contributed by atoms with Gasteiger partial charge in [-0.3, -0.25) is 0 Å². The van der Waals surface area contributed by atoms with E-state index in [9.17, 15) is 0 Å². The fourth-order valence-electron chi connectivity index (χ4n) is 2.08. The number of nitrogen functional groups attached to an aromatic ring is 1. The molecule has 0 aliphatic carbocycles. The molecule has 0 amide bonds. The van der Waals surface area contributed by atoms with Crippen LogP contribution < -0.4 is 15.8 Å². The first kappa shape index (κ1) is 14.3. The van der Waals surface area contributed by atoms with Crippen LogP contribution in [0.5, 0.6) is 5.75 Å². The summed E-state index contributed by atoms with van der Waals surface area (Å²) in [7, 11) is 0. The number of hydrogen-bond donors (Lipinski definition) is 2. The minimum atomic E-state index is 0.110. The van der Waals surface area contributed by atoms with Crippen molar-refractivity contribution in [2.45, 2.75) is 32.9 Å². The Balaban J connectivity index is 2.17. The van der Waals surface area contributed by atoms with Crippen molar-refractivity contribution in [2.75, 3.05) is 11.1 Å². The zero-order chi connectivity index (χ0) is 14.5. The van der Waals surface area contributed by atoms with Crippen molar-refractivity contribution < 1.29 is 4.74 Å². The Hall–Kier alpha value is -2.16. The van der Waals surface area contributed by atoms with Gasteiger partial charge < -0.3 is 15.8 Å². The minimum Gasteiger partial charge on any atom is -0.489 e. The monoisotopic (exact) mass is 270 g/mol. The molecule has 106 valence electrons. The number of para-hydroxylation sites is 1. The van der Waals surface area contributed by atoms with Gasteiger partial charge in [-0.2, -0.15) is 0 Å². The average Bonchev–Trinajstić information content (AvgIpc) is 2.43. The van der Waals surface area contributed by atoms with Crippen molar-refractivity contribution in [2.24, 2.45) is 0 Å². The molecule has 0 saturated carbocycles. The van der Waals surface area contributed by atoms with Crippen LogP contribution in [-0.4, -0.2) is 6.10 Å². The molecular formula is C17H22N2O. The predicted molar refractivity (Wildman–Crippen MR) is 85.1 cm³/mol. The van der Waals surface area contributed by atoms with Crippen LogP contribution in [0.1, 0.15) is 32.4 Å². The Kier molecular flexibility index (Phi) is 4.51. The molecule has 0 heterocycles. The van der Waals surface area contributed by atoms with Crippen molar-refractivity contribution in [3.63, 3.8) is 0 Å². The molecule has 0 aromatic heterocycles.